The summed E-state index contributed by atoms with van der Waals surface area (Å²) in [6.07, 6.45) is 1.53. The van der Waals surface area contributed by atoms with E-state index in [0.29, 0.717) is 23.1 Å². The van der Waals surface area contributed by atoms with E-state index in [2.05, 4.69) is 51.3 Å². The molecule has 2 N–H and O–H groups in total. The summed E-state index contributed by atoms with van der Waals surface area (Å²) in [7, 11) is 7.40. The van der Waals surface area contributed by atoms with E-state index in [1.807, 2.05) is 50.2 Å². The lowest BCUT2D eigenvalue weighted by molar-refractivity contribution is 0.199. The van der Waals surface area contributed by atoms with Crippen molar-refractivity contribution >= 4 is 29.2 Å². The van der Waals surface area contributed by atoms with Crippen molar-refractivity contribution in [1.29, 1.82) is 0 Å². The van der Waals surface area contributed by atoms with Crippen LogP contribution in [-0.4, -0.2) is 73.5 Å². The van der Waals surface area contributed by atoms with Crippen LogP contribution in [0.15, 0.2) is 72.9 Å². The average molecular weight is 597 g/mol. The number of ether oxygens (including phenoxy) is 2. The number of rotatable bonds is 10. The number of hydrogen-bond acceptors (Lipinski definition) is 8. The molecule has 1 unspecified atom stereocenters. The Morgan fingerprint density at radius 3 is 2.36 bits per heavy atom. The lowest BCUT2D eigenvalue weighted by atomic mass is 9.89. The molecule has 44 heavy (non-hydrogen) atoms. The van der Waals surface area contributed by atoms with Gasteiger partial charge < -0.3 is 29.7 Å². The van der Waals surface area contributed by atoms with Crippen LogP contribution in [0.2, 0.25) is 0 Å². The molecule has 2 heterocycles. The summed E-state index contributed by atoms with van der Waals surface area (Å²) < 4.78 is 11.3. The van der Waals surface area contributed by atoms with E-state index in [1.165, 1.54) is 4.90 Å². The Hall–Kier alpha value is -4.83. The Morgan fingerprint density at radius 2 is 1.75 bits per heavy atom. The zero-order valence-electron chi connectivity index (χ0n) is 26.1. The van der Waals surface area contributed by atoms with Crippen LogP contribution < -0.4 is 24.6 Å². The number of amides is 1. The molecule has 2 atom stereocenters. The van der Waals surface area contributed by atoms with Crippen molar-refractivity contribution in [2.45, 2.75) is 32.4 Å². The summed E-state index contributed by atoms with van der Waals surface area (Å²) in [6, 6.07) is 20.8. The number of hydrogen-bond donors (Lipinski definition) is 2. The van der Waals surface area contributed by atoms with Crippen LogP contribution in [-0.2, 0) is 0 Å². The first-order valence-electron chi connectivity index (χ1n) is 14.6. The van der Waals surface area contributed by atoms with Gasteiger partial charge in [-0.1, -0.05) is 18.2 Å². The van der Waals surface area contributed by atoms with Gasteiger partial charge in [-0.3, -0.25) is 0 Å². The minimum atomic E-state index is -1.17. The van der Waals surface area contributed by atoms with E-state index in [1.54, 1.807) is 38.6 Å². The molecule has 0 saturated carbocycles. The SMILES string of the molecule is COc1ccc(OC)c(C(c2c(C)cccc2C)N(C(=O)O)c2ccnc(Nc3ccc(N4CC[C@@H](N(C)C)C4)cc3)n2)c1. The quantitative estimate of drug-likeness (QED) is 0.219. The summed E-state index contributed by atoms with van der Waals surface area (Å²) in [6.45, 7) is 5.96. The first-order chi connectivity index (χ1) is 21.2. The van der Waals surface area contributed by atoms with Crippen LogP contribution in [0.3, 0.4) is 0 Å². The zero-order valence-corrected chi connectivity index (χ0v) is 26.1. The van der Waals surface area contributed by atoms with Crippen LogP contribution >= 0.6 is 0 Å². The smallest absolute Gasteiger partial charge is 0.413 e. The molecule has 10 nitrogen and oxygen atoms in total. The second kappa shape index (κ2) is 13.2. The van der Waals surface area contributed by atoms with E-state index >= 15 is 0 Å². The Labute approximate surface area is 258 Å². The Morgan fingerprint density at radius 1 is 1.02 bits per heavy atom. The van der Waals surface area contributed by atoms with Crippen molar-refractivity contribution < 1.29 is 19.4 Å². The van der Waals surface area contributed by atoms with E-state index in [9.17, 15) is 9.90 Å². The van der Waals surface area contributed by atoms with Gasteiger partial charge in [-0.15, -0.1) is 0 Å². The first-order valence-corrected chi connectivity index (χ1v) is 14.6. The molecule has 3 aromatic carbocycles. The van der Waals surface area contributed by atoms with Gasteiger partial charge in [0.05, 0.1) is 20.3 Å². The third-order valence-corrected chi connectivity index (χ3v) is 8.28. The van der Waals surface area contributed by atoms with Gasteiger partial charge >= 0.3 is 6.09 Å². The second-order valence-corrected chi connectivity index (χ2v) is 11.2. The molecule has 1 aliphatic rings. The molecule has 1 saturated heterocycles. The van der Waals surface area contributed by atoms with Gasteiger partial charge in [-0.05, 0) is 99.6 Å². The fourth-order valence-corrected chi connectivity index (χ4v) is 5.90. The first kappa shape index (κ1) is 30.6. The van der Waals surface area contributed by atoms with Crippen molar-refractivity contribution in [2.24, 2.45) is 0 Å². The minimum Gasteiger partial charge on any atom is -0.497 e. The van der Waals surface area contributed by atoms with E-state index in [0.717, 1.165) is 47.6 Å². The number of aromatic nitrogens is 2. The summed E-state index contributed by atoms with van der Waals surface area (Å²) in [5, 5.41) is 14.0. The number of methoxy groups -OCH3 is 2. The molecule has 1 aliphatic heterocycles. The van der Waals surface area contributed by atoms with Gasteiger partial charge in [0.15, 0.2) is 0 Å². The second-order valence-electron chi connectivity index (χ2n) is 11.2. The topological polar surface area (TPSA) is 103 Å². The molecule has 0 spiro atoms. The van der Waals surface area contributed by atoms with E-state index in [4.69, 9.17) is 9.47 Å². The number of nitrogens with zero attached hydrogens (tertiary/aromatic N) is 5. The lowest BCUT2D eigenvalue weighted by Gasteiger charge is -2.32. The molecule has 230 valence electrons. The fourth-order valence-electron chi connectivity index (χ4n) is 5.90. The van der Waals surface area contributed by atoms with Gasteiger partial charge in [0.25, 0.3) is 0 Å². The molecular formula is C34H40N6O4. The molecule has 1 fully saturated rings. The zero-order chi connectivity index (χ0) is 31.4. The highest BCUT2D eigenvalue weighted by Gasteiger charge is 2.34. The summed E-state index contributed by atoms with van der Waals surface area (Å²) in [4.78, 5) is 28.1. The predicted octanol–water partition coefficient (Wildman–Crippen LogP) is 6.27. The van der Waals surface area contributed by atoms with Crippen molar-refractivity contribution in [2.75, 3.05) is 56.5 Å². The Kier molecular flexibility index (Phi) is 9.20. The molecule has 10 heteroatoms. The van der Waals surface area contributed by atoms with Crippen molar-refractivity contribution in [1.82, 2.24) is 14.9 Å². The van der Waals surface area contributed by atoms with E-state index in [-0.39, 0.29) is 11.8 Å². The lowest BCUT2D eigenvalue weighted by Crippen LogP contribution is -2.36. The molecule has 0 aliphatic carbocycles. The summed E-state index contributed by atoms with van der Waals surface area (Å²) in [5.74, 6) is 1.62. The van der Waals surface area contributed by atoms with Crippen molar-refractivity contribution in [3.63, 3.8) is 0 Å². The summed E-state index contributed by atoms with van der Waals surface area (Å²) in [5.41, 5.74) is 5.31. The highest BCUT2D eigenvalue weighted by atomic mass is 16.5. The maximum Gasteiger partial charge on any atom is 0.413 e. The number of likely N-dealkylation sites (N-methyl/N-ethyl adjacent to an activating group) is 1. The minimum absolute atomic E-state index is 0.218. The van der Waals surface area contributed by atoms with Gasteiger partial charge in [0, 0.05) is 42.3 Å². The molecule has 1 aromatic heterocycles. The Balaban J connectivity index is 1.50. The number of carbonyl (C=O) groups is 1. The number of aryl methyl sites for hydroxylation is 2. The number of carboxylic acid groups (broad SMARTS) is 1. The highest BCUT2D eigenvalue weighted by molar-refractivity contribution is 5.87. The Bertz CT molecular complexity index is 1590. The van der Waals surface area contributed by atoms with Crippen LogP contribution in [0.5, 0.6) is 11.5 Å². The third kappa shape index (κ3) is 6.40. The van der Waals surface area contributed by atoms with E-state index < -0.39 is 12.1 Å². The van der Waals surface area contributed by atoms with Crippen LogP contribution in [0.4, 0.5) is 27.9 Å². The molecule has 5 rings (SSSR count). The van der Waals surface area contributed by atoms with Gasteiger partial charge in [-0.25, -0.2) is 14.7 Å². The average Bonchev–Trinajstić information content (AvgIpc) is 3.51. The number of benzene rings is 3. The standard InChI is InChI=1S/C34H40N6O4/c1-22-8-7-9-23(2)31(22)32(28-20-27(43-5)14-15-29(28)44-6)40(34(41)42)30-16-18-35-33(37-30)36-24-10-12-25(13-11-24)39-19-17-26(21-39)38(3)4/h7-16,18,20,26,32H,17,19,21H2,1-6H3,(H,41,42)(H,35,36,37)/t26-,32?/m1/s1. The van der Waals surface area contributed by atoms with Gasteiger partial charge in [-0.2, -0.15) is 4.98 Å². The molecular weight excluding hydrogens is 556 g/mol. The predicted molar refractivity (Wildman–Crippen MR) is 174 cm³/mol. The normalized spacial score (nSPS) is 15.2. The van der Waals surface area contributed by atoms with Gasteiger partial charge in [0.2, 0.25) is 5.95 Å². The third-order valence-electron chi connectivity index (χ3n) is 8.28. The molecule has 0 radical (unpaired) electrons. The molecule has 1 amide bonds. The maximum atomic E-state index is 13.1. The van der Waals surface area contributed by atoms with Crippen LogP contribution in [0, 0.1) is 13.8 Å². The van der Waals surface area contributed by atoms with Gasteiger partial charge in [0.1, 0.15) is 17.3 Å². The number of anilines is 4. The number of nitrogens with one attached hydrogen (secondary N) is 1. The summed E-state index contributed by atoms with van der Waals surface area (Å²) >= 11 is 0. The van der Waals surface area contributed by atoms with Crippen molar-refractivity contribution in [3.05, 3.63) is 95.2 Å². The molecule has 0 bridgehead atoms. The van der Waals surface area contributed by atoms with Crippen LogP contribution in [0.1, 0.15) is 34.7 Å². The maximum absolute atomic E-state index is 13.1. The fraction of sp³-hybridized carbons (Fsp3) is 0.324. The van der Waals surface area contributed by atoms with Crippen LogP contribution in [0.25, 0.3) is 0 Å². The monoisotopic (exact) mass is 596 g/mol. The van der Waals surface area contributed by atoms with Crippen molar-refractivity contribution in [3.8, 4) is 11.5 Å². The largest absolute Gasteiger partial charge is 0.497 e. The highest BCUT2D eigenvalue weighted by Crippen LogP contribution is 2.41. The molecule has 4 aromatic rings.